The molecule has 0 amide bonds. The minimum Gasteiger partial charge on any atom is -0.147 e. The lowest BCUT2D eigenvalue weighted by Gasteiger charge is -1.99. The predicted octanol–water partition coefficient (Wildman–Crippen LogP) is 3.62. The van der Waals surface area contributed by atoms with Crippen LogP contribution in [0.1, 0.15) is 0 Å². The van der Waals surface area contributed by atoms with Crippen LogP contribution in [-0.4, -0.2) is 10.2 Å². The van der Waals surface area contributed by atoms with Crippen molar-refractivity contribution in [3.8, 4) is 10.6 Å². The van der Waals surface area contributed by atoms with Gasteiger partial charge in [0.15, 0.2) is 0 Å². The molecule has 0 fully saturated rings. The van der Waals surface area contributed by atoms with E-state index in [4.69, 9.17) is 11.6 Å². The third-order valence-corrected chi connectivity index (χ3v) is 3.05. The molecule has 0 atom stereocenters. The van der Waals surface area contributed by atoms with E-state index < -0.39 is 0 Å². The highest BCUT2D eigenvalue weighted by Gasteiger charge is 2.06. The highest BCUT2D eigenvalue weighted by atomic mass is 79.9. The van der Waals surface area contributed by atoms with E-state index in [1.807, 2.05) is 18.2 Å². The molecule has 0 saturated heterocycles. The molecule has 2 nitrogen and oxygen atoms in total. The van der Waals surface area contributed by atoms with Crippen LogP contribution >= 0.6 is 38.9 Å². The first-order chi connectivity index (χ1) is 6.27. The number of hydrogen-bond acceptors (Lipinski definition) is 3. The average molecular weight is 276 g/mol. The van der Waals surface area contributed by atoms with Crippen molar-refractivity contribution >= 4 is 38.9 Å². The van der Waals surface area contributed by atoms with Gasteiger partial charge in [0.05, 0.1) is 5.02 Å². The van der Waals surface area contributed by atoms with E-state index in [2.05, 4.69) is 26.1 Å². The molecule has 13 heavy (non-hydrogen) atoms. The topological polar surface area (TPSA) is 25.8 Å². The summed E-state index contributed by atoms with van der Waals surface area (Å²) in [4.78, 5) is 0. The first-order valence-corrected chi connectivity index (χ1v) is 5.54. The van der Waals surface area contributed by atoms with Crippen LogP contribution in [0.5, 0.6) is 0 Å². The fourth-order valence-electron chi connectivity index (χ4n) is 0.953. The molecule has 1 aromatic heterocycles. The second kappa shape index (κ2) is 3.74. The largest absolute Gasteiger partial charge is 0.149 e. The van der Waals surface area contributed by atoms with Crippen LogP contribution < -0.4 is 0 Å². The molecular weight excluding hydrogens is 272 g/mol. The van der Waals surface area contributed by atoms with E-state index in [1.54, 1.807) is 5.51 Å². The van der Waals surface area contributed by atoms with Gasteiger partial charge in [0.2, 0.25) is 0 Å². The first-order valence-electron chi connectivity index (χ1n) is 3.49. The number of hydrogen-bond donors (Lipinski definition) is 0. The van der Waals surface area contributed by atoms with Crippen molar-refractivity contribution in [2.45, 2.75) is 0 Å². The van der Waals surface area contributed by atoms with Crippen LogP contribution in [-0.2, 0) is 0 Å². The molecule has 0 aliphatic heterocycles. The number of benzene rings is 1. The molecule has 0 spiro atoms. The van der Waals surface area contributed by atoms with Crippen LogP contribution in [0.15, 0.2) is 28.2 Å². The maximum Gasteiger partial charge on any atom is 0.149 e. The van der Waals surface area contributed by atoms with Gasteiger partial charge >= 0.3 is 0 Å². The average Bonchev–Trinajstić information content (AvgIpc) is 2.56. The lowest BCUT2D eigenvalue weighted by Crippen LogP contribution is -1.78. The Bertz CT molecular complexity index is 416. The summed E-state index contributed by atoms with van der Waals surface area (Å²) in [6.07, 6.45) is 0. The lowest BCUT2D eigenvalue weighted by molar-refractivity contribution is 1.10. The zero-order chi connectivity index (χ0) is 9.26. The fourth-order valence-corrected chi connectivity index (χ4v) is 2.37. The van der Waals surface area contributed by atoms with Gasteiger partial charge in [-0.1, -0.05) is 38.9 Å². The van der Waals surface area contributed by atoms with Crippen LogP contribution in [0.25, 0.3) is 10.6 Å². The van der Waals surface area contributed by atoms with E-state index in [0.717, 1.165) is 15.0 Å². The van der Waals surface area contributed by atoms with E-state index in [1.165, 1.54) is 11.3 Å². The smallest absolute Gasteiger partial charge is 0.147 e. The van der Waals surface area contributed by atoms with Gasteiger partial charge in [-0.3, -0.25) is 0 Å². The lowest BCUT2D eigenvalue weighted by atomic mass is 10.2. The molecule has 0 aliphatic carbocycles. The Morgan fingerprint density at radius 2 is 2.23 bits per heavy atom. The normalized spacial score (nSPS) is 10.3. The van der Waals surface area contributed by atoms with Gasteiger partial charge in [-0.25, -0.2) is 0 Å². The number of halogens is 2. The summed E-state index contributed by atoms with van der Waals surface area (Å²) in [6, 6.07) is 5.70. The van der Waals surface area contributed by atoms with Gasteiger partial charge in [-0.05, 0) is 18.2 Å². The highest BCUT2D eigenvalue weighted by Crippen LogP contribution is 2.30. The molecule has 66 valence electrons. The van der Waals surface area contributed by atoms with Gasteiger partial charge in [-0.2, -0.15) is 0 Å². The van der Waals surface area contributed by atoms with Crippen LogP contribution in [0, 0.1) is 0 Å². The van der Waals surface area contributed by atoms with E-state index in [0.29, 0.717) is 5.02 Å². The molecule has 0 aliphatic rings. The Labute approximate surface area is 92.7 Å². The molecule has 1 heterocycles. The summed E-state index contributed by atoms with van der Waals surface area (Å²) in [5.41, 5.74) is 2.61. The van der Waals surface area contributed by atoms with Crippen molar-refractivity contribution in [1.82, 2.24) is 10.2 Å². The number of nitrogens with zero attached hydrogens (tertiary/aromatic N) is 2. The molecule has 2 rings (SSSR count). The molecule has 0 N–H and O–H groups in total. The van der Waals surface area contributed by atoms with Gasteiger partial charge in [0, 0.05) is 10.0 Å². The number of aromatic nitrogens is 2. The summed E-state index contributed by atoms with van der Waals surface area (Å²) in [5.74, 6) is 0. The van der Waals surface area contributed by atoms with Crippen LogP contribution in [0.2, 0.25) is 5.02 Å². The second-order valence-electron chi connectivity index (χ2n) is 2.37. The summed E-state index contributed by atoms with van der Waals surface area (Å²) < 4.78 is 0.964. The molecule has 2 aromatic rings. The van der Waals surface area contributed by atoms with Crippen molar-refractivity contribution < 1.29 is 0 Å². The summed E-state index contributed by atoms with van der Waals surface area (Å²) in [5, 5.41) is 9.24. The van der Waals surface area contributed by atoms with Gasteiger partial charge in [-0.15, -0.1) is 10.2 Å². The zero-order valence-electron chi connectivity index (χ0n) is 6.37. The van der Waals surface area contributed by atoms with Crippen molar-refractivity contribution in [3.63, 3.8) is 0 Å². The maximum absolute atomic E-state index is 6.03. The van der Waals surface area contributed by atoms with E-state index >= 15 is 0 Å². The molecule has 5 heteroatoms. The molecule has 0 saturated carbocycles. The monoisotopic (exact) mass is 274 g/mol. The van der Waals surface area contributed by atoms with Crippen LogP contribution in [0.4, 0.5) is 0 Å². The minimum atomic E-state index is 0.686. The Morgan fingerprint density at radius 1 is 1.38 bits per heavy atom. The highest BCUT2D eigenvalue weighted by molar-refractivity contribution is 9.10. The second-order valence-corrected chi connectivity index (χ2v) is 4.52. The van der Waals surface area contributed by atoms with Crippen molar-refractivity contribution in [2.75, 3.05) is 0 Å². The van der Waals surface area contributed by atoms with Crippen molar-refractivity contribution in [1.29, 1.82) is 0 Å². The summed E-state index contributed by atoms with van der Waals surface area (Å²) in [7, 11) is 0. The maximum atomic E-state index is 6.03. The van der Waals surface area contributed by atoms with Crippen LogP contribution in [0.3, 0.4) is 0 Å². The van der Waals surface area contributed by atoms with Gasteiger partial charge in [0.1, 0.15) is 10.5 Å². The fraction of sp³-hybridized carbons (Fsp3) is 0. The third kappa shape index (κ3) is 1.90. The van der Waals surface area contributed by atoms with E-state index in [-0.39, 0.29) is 0 Å². The van der Waals surface area contributed by atoms with Gasteiger partial charge in [0.25, 0.3) is 0 Å². The number of rotatable bonds is 1. The molecular formula is C8H4BrClN2S. The zero-order valence-corrected chi connectivity index (χ0v) is 9.53. The molecule has 0 unspecified atom stereocenters. The SMILES string of the molecule is Clc1cc(Br)ccc1-c1nncs1. The molecule has 0 radical (unpaired) electrons. The Balaban J connectivity index is 2.53. The minimum absolute atomic E-state index is 0.686. The standard InChI is InChI=1S/C8H4BrClN2S/c9-5-1-2-6(7(10)3-5)8-12-11-4-13-8/h1-4H. The van der Waals surface area contributed by atoms with Crippen molar-refractivity contribution in [2.24, 2.45) is 0 Å². The molecule has 0 bridgehead atoms. The summed E-state index contributed by atoms with van der Waals surface area (Å²) >= 11 is 10.8. The molecule has 1 aromatic carbocycles. The first kappa shape index (κ1) is 9.12. The van der Waals surface area contributed by atoms with E-state index in [9.17, 15) is 0 Å². The third-order valence-electron chi connectivity index (χ3n) is 1.52. The quantitative estimate of drug-likeness (QED) is 0.794. The Kier molecular flexibility index (Phi) is 2.62. The predicted molar refractivity (Wildman–Crippen MR) is 58.1 cm³/mol. The Hall–Kier alpha value is -0.450. The summed E-state index contributed by atoms with van der Waals surface area (Å²) in [6.45, 7) is 0. The Morgan fingerprint density at radius 3 is 2.85 bits per heavy atom. The van der Waals surface area contributed by atoms with Crippen molar-refractivity contribution in [3.05, 3.63) is 33.2 Å². The van der Waals surface area contributed by atoms with Gasteiger partial charge < -0.3 is 0 Å².